The summed E-state index contributed by atoms with van der Waals surface area (Å²) >= 11 is 1.64. The molecule has 0 fully saturated rings. The summed E-state index contributed by atoms with van der Waals surface area (Å²) in [5, 5.41) is 14.0. The largest absolute Gasteiger partial charge is 0.385 e. The summed E-state index contributed by atoms with van der Waals surface area (Å²) in [6.07, 6.45) is 1.26. The first-order valence-corrected chi connectivity index (χ1v) is 7.96. The summed E-state index contributed by atoms with van der Waals surface area (Å²) in [4.78, 5) is 4.70. The molecule has 0 saturated heterocycles. The molecule has 1 atom stereocenters. The minimum absolute atomic E-state index is 0.0613. The van der Waals surface area contributed by atoms with E-state index in [0.29, 0.717) is 12.8 Å². The molecule has 20 heavy (non-hydrogen) atoms. The lowest BCUT2D eigenvalue weighted by atomic mass is 9.88. The SMILES string of the molecule is CCC(O)(Cc1nc(C(C)(C)C)cs1)c1ccccc1. The van der Waals surface area contributed by atoms with E-state index in [1.54, 1.807) is 11.3 Å². The van der Waals surface area contributed by atoms with Gasteiger partial charge in [0, 0.05) is 17.2 Å². The summed E-state index contributed by atoms with van der Waals surface area (Å²) < 4.78 is 0. The van der Waals surface area contributed by atoms with Crippen molar-refractivity contribution in [3.63, 3.8) is 0 Å². The normalized spacial score (nSPS) is 15.1. The molecule has 2 rings (SSSR count). The molecule has 0 radical (unpaired) electrons. The number of thiazole rings is 1. The van der Waals surface area contributed by atoms with Crippen molar-refractivity contribution in [2.75, 3.05) is 0 Å². The molecule has 0 aliphatic rings. The van der Waals surface area contributed by atoms with Gasteiger partial charge in [-0.05, 0) is 12.0 Å². The molecule has 1 N–H and O–H groups in total. The number of benzene rings is 1. The molecular weight excluding hydrogens is 266 g/mol. The van der Waals surface area contributed by atoms with Crippen LogP contribution in [-0.4, -0.2) is 10.1 Å². The zero-order valence-electron chi connectivity index (χ0n) is 12.7. The van der Waals surface area contributed by atoms with Crippen LogP contribution in [0.4, 0.5) is 0 Å². The van der Waals surface area contributed by atoms with E-state index in [0.717, 1.165) is 16.3 Å². The van der Waals surface area contributed by atoms with Crippen LogP contribution in [0.5, 0.6) is 0 Å². The summed E-state index contributed by atoms with van der Waals surface area (Å²) in [5.74, 6) is 0. The maximum absolute atomic E-state index is 10.9. The second-order valence-electron chi connectivity index (χ2n) is 6.30. The fraction of sp³-hybridized carbons (Fsp3) is 0.471. The molecule has 2 nitrogen and oxygen atoms in total. The van der Waals surface area contributed by atoms with Crippen LogP contribution in [0.2, 0.25) is 0 Å². The molecule has 0 bridgehead atoms. The molecule has 0 amide bonds. The summed E-state index contributed by atoms with van der Waals surface area (Å²) in [6, 6.07) is 9.89. The fourth-order valence-corrected chi connectivity index (χ4v) is 3.29. The van der Waals surface area contributed by atoms with Crippen LogP contribution in [0.15, 0.2) is 35.7 Å². The highest BCUT2D eigenvalue weighted by atomic mass is 32.1. The third-order valence-electron chi connectivity index (χ3n) is 3.66. The van der Waals surface area contributed by atoms with E-state index < -0.39 is 5.60 Å². The monoisotopic (exact) mass is 289 g/mol. The summed E-state index contributed by atoms with van der Waals surface area (Å²) in [6.45, 7) is 8.50. The molecule has 108 valence electrons. The van der Waals surface area contributed by atoms with Crippen LogP contribution >= 0.6 is 11.3 Å². The maximum atomic E-state index is 10.9. The van der Waals surface area contributed by atoms with Crippen LogP contribution < -0.4 is 0 Å². The van der Waals surface area contributed by atoms with E-state index in [1.807, 2.05) is 37.3 Å². The Labute approximate surface area is 125 Å². The Morgan fingerprint density at radius 2 is 1.80 bits per heavy atom. The van der Waals surface area contributed by atoms with Crippen molar-refractivity contribution in [1.82, 2.24) is 4.98 Å². The van der Waals surface area contributed by atoms with Crippen molar-refractivity contribution in [2.24, 2.45) is 0 Å². The van der Waals surface area contributed by atoms with Gasteiger partial charge >= 0.3 is 0 Å². The van der Waals surface area contributed by atoms with Crippen molar-refractivity contribution >= 4 is 11.3 Å². The minimum atomic E-state index is -0.825. The lowest BCUT2D eigenvalue weighted by molar-refractivity contribution is 0.0326. The van der Waals surface area contributed by atoms with Crippen molar-refractivity contribution in [3.05, 3.63) is 52.0 Å². The van der Waals surface area contributed by atoms with Gasteiger partial charge in [-0.3, -0.25) is 0 Å². The Morgan fingerprint density at radius 1 is 1.15 bits per heavy atom. The Bertz CT molecular complexity index is 556. The van der Waals surface area contributed by atoms with E-state index in [4.69, 9.17) is 4.98 Å². The molecule has 1 aromatic carbocycles. The molecule has 0 spiro atoms. The highest BCUT2D eigenvalue weighted by molar-refractivity contribution is 7.09. The van der Waals surface area contributed by atoms with E-state index in [1.165, 1.54) is 0 Å². The number of aliphatic hydroxyl groups is 1. The van der Waals surface area contributed by atoms with Crippen molar-refractivity contribution < 1.29 is 5.11 Å². The zero-order valence-corrected chi connectivity index (χ0v) is 13.5. The smallest absolute Gasteiger partial charge is 0.0960 e. The quantitative estimate of drug-likeness (QED) is 0.911. The molecule has 0 saturated carbocycles. The first kappa shape index (κ1) is 15.2. The first-order chi connectivity index (χ1) is 9.35. The van der Waals surface area contributed by atoms with E-state index >= 15 is 0 Å². The highest BCUT2D eigenvalue weighted by Crippen LogP contribution is 2.32. The molecule has 1 unspecified atom stereocenters. The lowest BCUT2D eigenvalue weighted by Gasteiger charge is -2.26. The molecule has 0 aliphatic heterocycles. The number of aromatic nitrogens is 1. The molecule has 0 aliphatic carbocycles. The van der Waals surface area contributed by atoms with E-state index in [2.05, 4.69) is 26.2 Å². The number of nitrogens with zero attached hydrogens (tertiary/aromatic N) is 1. The van der Waals surface area contributed by atoms with Gasteiger partial charge in [0.15, 0.2) is 0 Å². The van der Waals surface area contributed by atoms with E-state index in [-0.39, 0.29) is 5.41 Å². The van der Waals surface area contributed by atoms with E-state index in [9.17, 15) is 5.11 Å². The van der Waals surface area contributed by atoms with Gasteiger partial charge in [0.05, 0.1) is 16.3 Å². The van der Waals surface area contributed by atoms with Gasteiger partial charge < -0.3 is 5.11 Å². The zero-order chi connectivity index (χ0) is 14.8. The first-order valence-electron chi connectivity index (χ1n) is 7.08. The van der Waals surface area contributed by atoms with Crippen LogP contribution in [0.1, 0.15) is 50.4 Å². The summed E-state index contributed by atoms with van der Waals surface area (Å²) in [7, 11) is 0. The Hall–Kier alpha value is -1.19. The Morgan fingerprint density at radius 3 is 2.30 bits per heavy atom. The molecule has 3 heteroatoms. The topological polar surface area (TPSA) is 33.1 Å². The fourth-order valence-electron chi connectivity index (χ4n) is 2.17. The Kier molecular flexibility index (Phi) is 4.31. The molecular formula is C17H23NOS. The predicted molar refractivity (Wildman–Crippen MR) is 85.1 cm³/mol. The third-order valence-corrected chi connectivity index (χ3v) is 4.51. The van der Waals surface area contributed by atoms with Gasteiger partial charge in [0.2, 0.25) is 0 Å². The van der Waals surface area contributed by atoms with Gasteiger partial charge in [0.1, 0.15) is 0 Å². The second kappa shape index (κ2) is 5.66. The van der Waals surface area contributed by atoms with Gasteiger partial charge in [0.25, 0.3) is 0 Å². The van der Waals surface area contributed by atoms with Crippen molar-refractivity contribution in [1.29, 1.82) is 0 Å². The second-order valence-corrected chi connectivity index (χ2v) is 7.25. The highest BCUT2D eigenvalue weighted by Gasteiger charge is 2.29. The van der Waals surface area contributed by atoms with Crippen LogP contribution in [0.25, 0.3) is 0 Å². The van der Waals surface area contributed by atoms with Crippen LogP contribution in [0.3, 0.4) is 0 Å². The van der Waals surface area contributed by atoms with Gasteiger partial charge in [-0.2, -0.15) is 0 Å². The van der Waals surface area contributed by atoms with Gasteiger partial charge in [-0.25, -0.2) is 4.98 Å². The predicted octanol–water partition coefficient (Wildman–Crippen LogP) is 4.28. The minimum Gasteiger partial charge on any atom is -0.385 e. The average Bonchev–Trinajstić information content (AvgIpc) is 2.88. The molecule has 2 aromatic rings. The standard InChI is InChI=1S/C17H23NOS/c1-5-17(19,13-9-7-6-8-10-13)11-15-18-14(12-20-15)16(2,3)4/h6-10,12,19H,5,11H2,1-4H3. The Balaban J connectivity index is 2.25. The number of hydrogen-bond donors (Lipinski definition) is 1. The molecule has 1 heterocycles. The van der Waals surface area contributed by atoms with Crippen molar-refractivity contribution in [2.45, 2.75) is 51.6 Å². The van der Waals surface area contributed by atoms with Crippen LogP contribution in [-0.2, 0) is 17.4 Å². The number of rotatable bonds is 4. The van der Waals surface area contributed by atoms with Crippen LogP contribution in [0, 0.1) is 0 Å². The van der Waals surface area contributed by atoms with Gasteiger partial charge in [-0.1, -0.05) is 58.0 Å². The number of hydrogen-bond acceptors (Lipinski definition) is 3. The van der Waals surface area contributed by atoms with Crippen molar-refractivity contribution in [3.8, 4) is 0 Å². The average molecular weight is 289 g/mol. The van der Waals surface area contributed by atoms with Gasteiger partial charge in [-0.15, -0.1) is 11.3 Å². The molecule has 1 aromatic heterocycles. The third kappa shape index (κ3) is 3.28. The summed E-state index contributed by atoms with van der Waals surface area (Å²) in [5.41, 5.74) is 1.30. The maximum Gasteiger partial charge on any atom is 0.0960 e. The lowest BCUT2D eigenvalue weighted by Crippen LogP contribution is -2.27.